The average Bonchev–Trinajstić information content (AvgIpc) is 3.42. The van der Waals surface area contributed by atoms with Crippen molar-refractivity contribution in [3.8, 4) is 12.3 Å². The van der Waals surface area contributed by atoms with Crippen LogP contribution in [0.15, 0.2) is 34.5 Å². The standard InChI is InChI=1S/C21H28N4O/c1-3-4-10-21(22-23-21)11-9-20(26)16-18-5-7-19(8-6-18)17-25-14-12-24(2)13-15-25/h1,5-8H,4,9-17H2,2H3. The SMILES string of the molecule is C#CCCC1(CCC(=O)Cc2ccc(CN3CCN(C)CC3)cc2)N=N1. The number of piperazine rings is 1. The zero-order chi connectivity index (χ0) is 18.4. The van der Waals surface area contributed by atoms with Crippen molar-refractivity contribution >= 4 is 5.78 Å². The molecule has 0 radical (unpaired) electrons. The molecule has 1 saturated heterocycles. The normalized spacial score (nSPS) is 19.2. The summed E-state index contributed by atoms with van der Waals surface area (Å²) in [4.78, 5) is 17.1. The van der Waals surface area contributed by atoms with Gasteiger partial charge in [0.1, 0.15) is 5.78 Å². The molecule has 2 aliphatic rings. The lowest BCUT2D eigenvalue weighted by molar-refractivity contribution is -0.118. The highest BCUT2D eigenvalue weighted by molar-refractivity contribution is 5.81. The Kier molecular flexibility index (Phi) is 6.18. The van der Waals surface area contributed by atoms with Gasteiger partial charge in [-0.3, -0.25) is 9.69 Å². The first-order chi connectivity index (χ1) is 12.6. The average molecular weight is 352 g/mol. The van der Waals surface area contributed by atoms with Crippen LogP contribution in [0.3, 0.4) is 0 Å². The molecule has 1 aromatic carbocycles. The molecule has 0 atom stereocenters. The molecule has 5 heteroatoms. The van der Waals surface area contributed by atoms with Gasteiger partial charge < -0.3 is 4.90 Å². The first kappa shape index (κ1) is 18.8. The molecule has 26 heavy (non-hydrogen) atoms. The van der Waals surface area contributed by atoms with Gasteiger partial charge in [-0.1, -0.05) is 24.3 Å². The van der Waals surface area contributed by atoms with Crippen LogP contribution in [0.2, 0.25) is 0 Å². The zero-order valence-corrected chi connectivity index (χ0v) is 15.7. The minimum absolute atomic E-state index is 0.245. The van der Waals surface area contributed by atoms with Gasteiger partial charge in [0.25, 0.3) is 0 Å². The molecule has 3 rings (SSSR count). The Hall–Kier alpha value is -2.03. The van der Waals surface area contributed by atoms with Gasteiger partial charge in [0, 0.05) is 64.8 Å². The number of nitrogens with zero attached hydrogens (tertiary/aromatic N) is 4. The highest BCUT2D eigenvalue weighted by Gasteiger charge is 2.39. The molecular weight excluding hydrogens is 324 g/mol. The molecule has 0 saturated carbocycles. The molecule has 0 spiro atoms. The second-order valence-corrected chi connectivity index (χ2v) is 7.50. The van der Waals surface area contributed by atoms with Gasteiger partial charge in [0.05, 0.1) is 0 Å². The molecule has 0 aromatic heterocycles. The second-order valence-electron chi connectivity index (χ2n) is 7.50. The molecule has 0 N–H and O–H groups in total. The van der Waals surface area contributed by atoms with Crippen LogP contribution < -0.4 is 0 Å². The Balaban J connectivity index is 1.41. The lowest BCUT2D eigenvalue weighted by Gasteiger charge is -2.32. The van der Waals surface area contributed by atoms with Gasteiger partial charge in [-0.25, -0.2) is 0 Å². The van der Waals surface area contributed by atoms with Crippen molar-refractivity contribution in [2.45, 2.75) is 44.3 Å². The number of terminal acetylenes is 1. The van der Waals surface area contributed by atoms with Crippen LogP contribution >= 0.6 is 0 Å². The quantitative estimate of drug-likeness (QED) is 0.642. The third-order valence-electron chi connectivity index (χ3n) is 5.28. The van der Waals surface area contributed by atoms with Crippen molar-refractivity contribution in [2.75, 3.05) is 33.2 Å². The molecular formula is C21H28N4O. The Morgan fingerprint density at radius 3 is 2.38 bits per heavy atom. The Labute approximate surface area is 156 Å². The number of likely N-dealkylation sites (N-methyl/N-ethyl adjacent to an activating group) is 1. The van der Waals surface area contributed by atoms with E-state index in [4.69, 9.17) is 6.42 Å². The number of carbonyl (C=O) groups excluding carboxylic acids is 1. The lowest BCUT2D eigenvalue weighted by atomic mass is 9.98. The summed E-state index contributed by atoms with van der Waals surface area (Å²) in [7, 11) is 2.17. The van der Waals surface area contributed by atoms with E-state index in [1.54, 1.807) is 0 Å². The van der Waals surface area contributed by atoms with E-state index >= 15 is 0 Å². The summed E-state index contributed by atoms with van der Waals surface area (Å²) in [6.07, 6.45) is 8.41. The monoisotopic (exact) mass is 352 g/mol. The molecule has 1 fully saturated rings. The summed E-state index contributed by atoms with van der Waals surface area (Å²) in [5.41, 5.74) is 2.04. The predicted molar refractivity (Wildman–Crippen MR) is 103 cm³/mol. The first-order valence-corrected chi connectivity index (χ1v) is 9.46. The summed E-state index contributed by atoms with van der Waals surface area (Å²) < 4.78 is 0. The molecule has 0 unspecified atom stereocenters. The molecule has 2 aliphatic heterocycles. The fourth-order valence-electron chi connectivity index (χ4n) is 3.35. The van der Waals surface area contributed by atoms with E-state index in [9.17, 15) is 4.79 Å². The van der Waals surface area contributed by atoms with Crippen molar-refractivity contribution in [1.82, 2.24) is 9.80 Å². The van der Waals surface area contributed by atoms with E-state index in [-0.39, 0.29) is 11.4 Å². The maximum Gasteiger partial charge on any atom is 0.192 e. The third kappa shape index (κ3) is 5.48. The number of hydrogen-bond donors (Lipinski definition) is 0. The summed E-state index contributed by atoms with van der Waals surface area (Å²) in [5, 5.41) is 8.18. The summed E-state index contributed by atoms with van der Waals surface area (Å²) in [6, 6.07) is 8.48. The van der Waals surface area contributed by atoms with Gasteiger partial charge in [-0.15, -0.1) is 12.3 Å². The first-order valence-electron chi connectivity index (χ1n) is 9.46. The van der Waals surface area contributed by atoms with Gasteiger partial charge in [-0.2, -0.15) is 10.2 Å². The van der Waals surface area contributed by atoms with E-state index in [2.05, 4.69) is 57.3 Å². The van der Waals surface area contributed by atoms with E-state index in [1.165, 1.54) is 5.56 Å². The number of benzene rings is 1. The number of Topliss-reactive ketones (excluding diaryl/α,β-unsaturated/α-hetero) is 1. The van der Waals surface area contributed by atoms with Crippen LogP contribution in [0, 0.1) is 12.3 Å². The van der Waals surface area contributed by atoms with Gasteiger partial charge >= 0.3 is 0 Å². The minimum atomic E-state index is -0.353. The van der Waals surface area contributed by atoms with Gasteiger partial charge in [0.15, 0.2) is 5.66 Å². The number of carbonyl (C=O) groups is 1. The fourth-order valence-corrected chi connectivity index (χ4v) is 3.35. The number of ketones is 1. The summed E-state index contributed by atoms with van der Waals surface area (Å²) in [6.45, 7) is 5.49. The second kappa shape index (κ2) is 8.57. The maximum atomic E-state index is 12.3. The Morgan fingerprint density at radius 1 is 1.12 bits per heavy atom. The zero-order valence-electron chi connectivity index (χ0n) is 15.7. The molecule has 138 valence electrons. The van der Waals surface area contributed by atoms with Gasteiger partial charge in [-0.05, 0) is 18.2 Å². The Bertz CT molecular complexity index is 675. The molecule has 2 heterocycles. The van der Waals surface area contributed by atoms with Crippen molar-refractivity contribution in [3.05, 3.63) is 35.4 Å². The highest BCUT2D eigenvalue weighted by atomic mass is 16.1. The molecule has 0 aliphatic carbocycles. The minimum Gasteiger partial charge on any atom is -0.304 e. The van der Waals surface area contributed by atoms with Crippen molar-refractivity contribution in [2.24, 2.45) is 10.2 Å². The smallest absolute Gasteiger partial charge is 0.192 e. The molecule has 0 amide bonds. The van der Waals surface area contributed by atoms with Crippen molar-refractivity contribution < 1.29 is 4.79 Å². The fraction of sp³-hybridized carbons (Fsp3) is 0.571. The van der Waals surface area contributed by atoms with Crippen LogP contribution in [0.25, 0.3) is 0 Å². The number of rotatable bonds is 9. The van der Waals surface area contributed by atoms with E-state index in [0.29, 0.717) is 25.7 Å². The third-order valence-corrected chi connectivity index (χ3v) is 5.28. The van der Waals surface area contributed by atoms with Crippen molar-refractivity contribution in [3.63, 3.8) is 0 Å². The largest absolute Gasteiger partial charge is 0.304 e. The Morgan fingerprint density at radius 2 is 1.77 bits per heavy atom. The van der Waals surface area contributed by atoms with Crippen LogP contribution in [-0.2, 0) is 17.8 Å². The van der Waals surface area contributed by atoms with Crippen LogP contribution in [0.5, 0.6) is 0 Å². The van der Waals surface area contributed by atoms with Crippen LogP contribution in [0.4, 0.5) is 0 Å². The van der Waals surface area contributed by atoms with Gasteiger partial charge in [0.2, 0.25) is 0 Å². The molecule has 5 nitrogen and oxygen atoms in total. The van der Waals surface area contributed by atoms with E-state index in [0.717, 1.165) is 44.7 Å². The topological polar surface area (TPSA) is 48.3 Å². The molecule has 1 aromatic rings. The predicted octanol–water partition coefficient (Wildman–Crippen LogP) is 2.90. The van der Waals surface area contributed by atoms with E-state index < -0.39 is 0 Å². The lowest BCUT2D eigenvalue weighted by Crippen LogP contribution is -2.43. The van der Waals surface area contributed by atoms with Crippen molar-refractivity contribution in [1.29, 1.82) is 0 Å². The number of hydrogen-bond acceptors (Lipinski definition) is 5. The highest BCUT2D eigenvalue weighted by Crippen LogP contribution is 2.37. The summed E-state index contributed by atoms with van der Waals surface area (Å²) >= 11 is 0. The molecule has 0 bridgehead atoms. The summed E-state index contributed by atoms with van der Waals surface area (Å²) in [5.74, 6) is 2.86. The van der Waals surface area contributed by atoms with Crippen LogP contribution in [-0.4, -0.2) is 54.5 Å². The van der Waals surface area contributed by atoms with E-state index in [1.807, 2.05) is 0 Å². The van der Waals surface area contributed by atoms with Crippen LogP contribution in [0.1, 0.15) is 36.8 Å². The maximum absolute atomic E-state index is 12.3.